The van der Waals surface area contributed by atoms with E-state index in [4.69, 9.17) is 9.57 Å². The molecule has 5 nitrogen and oxygen atoms in total. The van der Waals surface area contributed by atoms with Gasteiger partial charge in [0.1, 0.15) is 5.71 Å². The maximum Gasteiger partial charge on any atom is 0.350 e. The summed E-state index contributed by atoms with van der Waals surface area (Å²) < 4.78 is 4.81. The first-order valence-electron chi connectivity index (χ1n) is 5.71. The highest BCUT2D eigenvalue weighted by Gasteiger charge is 2.32. The Morgan fingerprint density at radius 1 is 1.39 bits per heavy atom. The lowest BCUT2D eigenvalue weighted by Gasteiger charge is -2.06. The molecule has 1 aromatic rings. The van der Waals surface area contributed by atoms with Crippen LogP contribution < -0.4 is 0 Å². The van der Waals surface area contributed by atoms with Crippen molar-refractivity contribution in [3.8, 4) is 0 Å². The maximum absolute atomic E-state index is 12.0. The van der Waals surface area contributed by atoms with Gasteiger partial charge in [-0.3, -0.25) is 4.79 Å². The van der Waals surface area contributed by atoms with Gasteiger partial charge in [0.15, 0.2) is 0 Å². The number of esters is 1. The van der Waals surface area contributed by atoms with Crippen LogP contribution in [0.25, 0.3) is 0 Å². The van der Waals surface area contributed by atoms with Crippen molar-refractivity contribution in [2.75, 3.05) is 6.61 Å². The van der Waals surface area contributed by atoms with E-state index in [0.717, 1.165) is 0 Å². The Morgan fingerprint density at radius 2 is 2.11 bits per heavy atom. The molecule has 0 aliphatic carbocycles. The molecular weight excluding hydrogens is 234 g/mol. The van der Waals surface area contributed by atoms with Gasteiger partial charge in [0.05, 0.1) is 6.61 Å². The molecule has 1 atom stereocenters. The number of carbonyl (C=O) groups is 2. The van der Waals surface area contributed by atoms with Gasteiger partial charge in [0, 0.05) is 12.0 Å². The second kappa shape index (κ2) is 5.44. The first-order valence-corrected chi connectivity index (χ1v) is 5.71. The van der Waals surface area contributed by atoms with Gasteiger partial charge in [-0.15, -0.1) is 0 Å². The number of ketones is 1. The van der Waals surface area contributed by atoms with Crippen molar-refractivity contribution < 1.29 is 19.2 Å². The van der Waals surface area contributed by atoms with Crippen molar-refractivity contribution in [3.63, 3.8) is 0 Å². The third kappa shape index (κ3) is 2.56. The molecule has 0 radical (unpaired) electrons. The molecule has 2 rings (SSSR count). The summed E-state index contributed by atoms with van der Waals surface area (Å²) in [5.41, 5.74) is 0.781. The number of rotatable bonds is 4. The van der Waals surface area contributed by atoms with Crippen molar-refractivity contribution in [1.82, 2.24) is 0 Å². The number of hydrogen-bond acceptors (Lipinski definition) is 5. The molecule has 0 aromatic heterocycles. The molecule has 5 heteroatoms. The monoisotopic (exact) mass is 247 g/mol. The summed E-state index contributed by atoms with van der Waals surface area (Å²) in [6, 6.07) is 8.76. The lowest BCUT2D eigenvalue weighted by atomic mass is 10.0. The van der Waals surface area contributed by atoms with Crippen molar-refractivity contribution in [1.29, 1.82) is 0 Å². The number of carbonyl (C=O) groups excluding carboxylic acids is 2. The largest absolute Gasteiger partial charge is 0.463 e. The van der Waals surface area contributed by atoms with E-state index in [1.807, 2.05) is 6.07 Å². The molecule has 94 valence electrons. The number of nitrogens with zero attached hydrogens (tertiary/aromatic N) is 1. The van der Waals surface area contributed by atoms with Gasteiger partial charge in [-0.2, -0.15) is 0 Å². The standard InChI is InChI=1S/C13H13NO4/c1-2-17-13(16)11-8-10(14-18-11)12(15)9-6-4-3-5-7-9/h3-7,11H,2,8H2,1H3. The van der Waals surface area contributed by atoms with Gasteiger partial charge in [0.2, 0.25) is 11.9 Å². The Labute approximate surface area is 104 Å². The number of oxime groups is 1. The third-order valence-corrected chi connectivity index (χ3v) is 2.52. The molecule has 0 saturated carbocycles. The average Bonchev–Trinajstić information content (AvgIpc) is 2.89. The van der Waals surface area contributed by atoms with Crippen LogP contribution in [0, 0.1) is 0 Å². The molecule has 0 spiro atoms. The van der Waals surface area contributed by atoms with Gasteiger partial charge in [0.25, 0.3) is 0 Å². The lowest BCUT2D eigenvalue weighted by molar-refractivity contribution is -0.154. The molecule has 1 aliphatic heterocycles. The molecule has 0 N–H and O–H groups in total. The summed E-state index contributed by atoms with van der Waals surface area (Å²) in [6.07, 6.45) is -0.639. The van der Waals surface area contributed by atoms with Crippen LogP contribution >= 0.6 is 0 Å². The fourth-order valence-corrected chi connectivity index (χ4v) is 1.63. The molecule has 1 heterocycles. The van der Waals surface area contributed by atoms with Crippen LogP contribution in [0.1, 0.15) is 23.7 Å². The summed E-state index contributed by atoms with van der Waals surface area (Å²) >= 11 is 0. The summed E-state index contributed by atoms with van der Waals surface area (Å²) in [6.45, 7) is 1.99. The topological polar surface area (TPSA) is 65.0 Å². The predicted octanol–water partition coefficient (Wildman–Crippen LogP) is 1.58. The maximum atomic E-state index is 12.0. The van der Waals surface area contributed by atoms with Gasteiger partial charge in [-0.25, -0.2) is 4.79 Å². The highest BCUT2D eigenvalue weighted by atomic mass is 16.7. The fraction of sp³-hybridized carbons (Fsp3) is 0.308. The van der Waals surface area contributed by atoms with Crippen molar-refractivity contribution >= 4 is 17.5 Å². The van der Waals surface area contributed by atoms with Crippen LogP contribution in [-0.4, -0.2) is 30.2 Å². The van der Waals surface area contributed by atoms with E-state index in [0.29, 0.717) is 5.56 Å². The highest BCUT2D eigenvalue weighted by Crippen LogP contribution is 2.15. The van der Waals surface area contributed by atoms with E-state index < -0.39 is 12.1 Å². The quantitative estimate of drug-likeness (QED) is 0.598. The molecule has 18 heavy (non-hydrogen) atoms. The normalized spacial score (nSPS) is 17.8. The summed E-state index contributed by atoms with van der Waals surface area (Å²) in [4.78, 5) is 28.3. The number of ether oxygens (including phenoxy) is 1. The SMILES string of the molecule is CCOC(=O)C1CC(C(=O)c2ccccc2)=NO1. The second-order valence-corrected chi connectivity index (χ2v) is 3.78. The summed E-state index contributed by atoms with van der Waals surface area (Å²) in [7, 11) is 0. The fourth-order valence-electron chi connectivity index (χ4n) is 1.63. The Bertz CT molecular complexity index is 481. The average molecular weight is 247 g/mol. The van der Waals surface area contributed by atoms with Gasteiger partial charge in [-0.1, -0.05) is 35.5 Å². The Hall–Kier alpha value is -2.17. The van der Waals surface area contributed by atoms with Gasteiger partial charge >= 0.3 is 5.97 Å². The smallest absolute Gasteiger partial charge is 0.350 e. The molecule has 0 amide bonds. The van der Waals surface area contributed by atoms with Gasteiger partial charge < -0.3 is 9.57 Å². The van der Waals surface area contributed by atoms with Crippen LogP contribution in [0.5, 0.6) is 0 Å². The van der Waals surface area contributed by atoms with Gasteiger partial charge in [-0.05, 0) is 6.92 Å². The van der Waals surface area contributed by atoms with Crippen molar-refractivity contribution in [3.05, 3.63) is 35.9 Å². The minimum absolute atomic E-state index is 0.159. The van der Waals surface area contributed by atoms with E-state index in [-0.39, 0.29) is 24.5 Å². The number of Topliss-reactive ketones (excluding diaryl/α,β-unsaturated/α-hetero) is 1. The predicted molar refractivity (Wildman–Crippen MR) is 64.3 cm³/mol. The summed E-state index contributed by atoms with van der Waals surface area (Å²) in [5, 5.41) is 3.66. The molecule has 1 aliphatic rings. The zero-order valence-electron chi connectivity index (χ0n) is 9.96. The van der Waals surface area contributed by atoms with Crippen LogP contribution in [0.3, 0.4) is 0 Å². The van der Waals surface area contributed by atoms with E-state index in [9.17, 15) is 9.59 Å². The minimum atomic E-state index is -0.799. The Kier molecular flexibility index (Phi) is 3.72. The van der Waals surface area contributed by atoms with Crippen LogP contribution in [-0.2, 0) is 14.4 Å². The van der Waals surface area contributed by atoms with Crippen LogP contribution in [0.15, 0.2) is 35.5 Å². The van der Waals surface area contributed by atoms with Crippen molar-refractivity contribution in [2.45, 2.75) is 19.4 Å². The third-order valence-electron chi connectivity index (χ3n) is 2.52. The molecule has 0 saturated heterocycles. The Balaban J connectivity index is 2.01. The van der Waals surface area contributed by atoms with E-state index in [1.54, 1.807) is 31.2 Å². The molecule has 0 fully saturated rings. The van der Waals surface area contributed by atoms with E-state index in [1.165, 1.54) is 0 Å². The first kappa shape index (κ1) is 12.3. The summed E-state index contributed by atoms with van der Waals surface area (Å²) in [5.74, 6) is -0.709. The van der Waals surface area contributed by atoms with Crippen molar-refractivity contribution in [2.24, 2.45) is 5.16 Å². The molecule has 0 bridgehead atoms. The molecule has 1 aromatic carbocycles. The molecule has 1 unspecified atom stereocenters. The second-order valence-electron chi connectivity index (χ2n) is 3.78. The number of hydrogen-bond donors (Lipinski definition) is 0. The van der Waals surface area contributed by atoms with E-state index >= 15 is 0 Å². The van der Waals surface area contributed by atoms with E-state index in [2.05, 4.69) is 5.16 Å². The minimum Gasteiger partial charge on any atom is -0.463 e. The zero-order valence-corrected chi connectivity index (χ0v) is 9.96. The Morgan fingerprint density at radius 3 is 2.78 bits per heavy atom. The lowest BCUT2D eigenvalue weighted by Crippen LogP contribution is -2.25. The molecular formula is C13H13NO4. The number of benzene rings is 1. The highest BCUT2D eigenvalue weighted by molar-refractivity contribution is 6.46. The zero-order chi connectivity index (χ0) is 13.0. The first-order chi connectivity index (χ1) is 8.72. The van der Waals surface area contributed by atoms with Crippen LogP contribution in [0.2, 0.25) is 0 Å². The van der Waals surface area contributed by atoms with Crippen LogP contribution in [0.4, 0.5) is 0 Å².